The summed E-state index contributed by atoms with van der Waals surface area (Å²) < 4.78 is 9.74. The number of aryl methyl sites for hydroxylation is 1. The molecular weight excluding hydrogens is 328 g/mol. The van der Waals surface area contributed by atoms with Gasteiger partial charge in [-0.2, -0.15) is 0 Å². The highest BCUT2D eigenvalue weighted by atomic mass is 32.1. The molecule has 1 amide bonds. The van der Waals surface area contributed by atoms with Crippen molar-refractivity contribution in [2.24, 2.45) is 0 Å². The lowest BCUT2D eigenvalue weighted by Gasteiger charge is -1.97. The van der Waals surface area contributed by atoms with Gasteiger partial charge in [0, 0.05) is 11.6 Å². The van der Waals surface area contributed by atoms with Crippen LogP contribution in [-0.2, 0) is 4.74 Å². The van der Waals surface area contributed by atoms with E-state index in [4.69, 9.17) is 4.52 Å². The van der Waals surface area contributed by atoms with Gasteiger partial charge in [0.2, 0.25) is 5.76 Å². The lowest BCUT2D eigenvalue weighted by molar-refractivity contribution is 0.0606. The second kappa shape index (κ2) is 6.67. The van der Waals surface area contributed by atoms with Crippen molar-refractivity contribution in [2.45, 2.75) is 6.92 Å². The fourth-order valence-electron chi connectivity index (χ4n) is 2.03. The summed E-state index contributed by atoms with van der Waals surface area (Å²) in [6.07, 6.45) is 0. The molecule has 0 saturated heterocycles. The quantitative estimate of drug-likeness (QED) is 0.730. The number of aromatic nitrogens is 1. The molecule has 1 N–H and O–H groups in total. The lowest BCUT2D eigenvalue weighted by Crippen LogP contribution is -2.09. The Kier molecular flexibility index (Phi) is 4.43. The van der Waals surface area contributed by atoms with Gasteiger partial charge in [0.25, 0.3) is 5.91 Å². The highest BCUT2D eigenvalue weighted by Gasteiger charge is 2.16. The van der Waals surface area contributed by atoms with E-state index in [-0.39, 0.29) is 5.76 Å². The monoisotopic (exact) mass is 342 g/mol. The summed E-state index contributed by atoms with van der Waals surface area (Å²) in [4.78, 5) is 24.0. The number of hydrogen-bond donors (Lipinski definition) is 1. The third kappa shape index (κ3) is 3.36. The second-order valence-electron chi connectivity index (χ2n) is 5.05. The first-order valence-electron chi connectivity index (χ1n) is 7.10. The van der Waals surface area contributed by atoms with Crippen LogP contribution in [0, 0.1) is 6.92 Å². The van der Waals surface area contributed by atoms with Crippen molar-refractivity contribution in [1.82, 2.24) is 5.16 Å². The molecule has 24 heavy (non-hydrogen) atoms. The molecule has 0 aliphatic rings. The zero-order valence-electron chi connectivity index (χ0n) is 13.0. The molecule has 0 spiro atoms. The van der Waals surface area contributed by atoms with Crippen LogP contribution < -0.4 is 5.32 Å². The molecule has 3 rings (SSSR count). The van der Waals surface area contributed by atoms with Crippen molar-refractivity contribution in [2.75, 3.05) is 12.4 Å². The topological polar surface area (TPSA) is 81.4 Å². The molecular formula is C17H14N2O4S. The molecule has 2 aromatic heterocycles. The largest absolute Gasteiger partial charge is 0.465 e. The maximum atomic E-state index is 12.2. The number of nitrogens with zero attached hydrogens (tertiary/aromatic N) is 1. The molecule has 1 aromatic carbocycles. The predicted octanol–water partition coefficient (Wildman–Crippen LogP) is 3.75. The Morgan fingerprint density at radius 2 is 1.92 bits per heavy atom. The van der Waals surface area contributed by atoms with Gasteiger partial charge in [-0.15, -0.1) is 11.3 Å². The van der Waals surface area contributed by atoms with E-state index < -0.39 is 11.9 Å². The van der Waals surface area contributed by atoms with Crippen LogP contribution in [0.4, 0.5) is 5.00 Å². The number of esters is 1. The van der Waals surface area contributed by atoms with Gasteiger partial charge in [0.15, 0.2) is 0 Å². The standard InChI is InChI=1S/C17H14N2O4S/c1-10-3-5-11(6-4-10)12-9-13(23-19-12)16(20)18-15-8-7-14(24-15)17(21)22-2/h3-9H,1-2H3,(H,18,20). The fraction of sp³-hybridized carbons (Fsp3) is 0.118. The van der Waals surface area contributed by atoms with Gasteiger partial charge < -0.3 is 14.6 Å². The Morgan fingerprint density at radius 3 is 2.62 bits per heavy atom. The van der Waals surface area contributed by atoms with E-state index in [9.17, 15) is 9.59 Å². The number of hydrogen-bond acceptors (Lipinski definition) is 6. The maximum Gasteiger partial charge on any atom is 0.348 e. The zero-order valence-corrected chi connectivity index (χ0v) is 13.8. The van der Waals surface area contributed by atoms with Crippen molar-refractivity contribution in [3.05, 3.63) is 58.7 Å². The number of anilines is 1. The minimum Gasteiger partial charge on any atom is -0.465 e. The summed E-state index contributed by atoms with van der Waals surface area (Å²) in [5.74, 6) is -0.778. The van der Waals surface area contributed by atoms with Crippen LogP contribution >= 0.6 is 11.3 Å². The van der Waals surface area contributed by atoms with Crippen molar-refractivity contribution in [1.29, 1.82) is 0 Å². The normalized spacial score (nSPS) is 10.4. The molecule has 0 aliphatic carbocycles. The number of thiophene rings is 1. The number of amides is 1. The first-order valence-corrected chi connectivity index (χ1v) is 7.92. The van der Waals surface area contributed by atoms with Crippen LogP contribution in [0.15, 0.2) is 47.0 Å². The molecule has 0 saturated carbocycles. The number of ether oxygens (including phenoxy) is 1. The Balaban J connectivity index is 1.73. The second-order valence-corrected chi connectivity index (χ2v) is 6.14. The molecule has 2 heterocycles. The van der Waals surface area contributed by atoms with E-state index in [2.05, 4.69) is 15.2 Å². The Labute approximate surface area is 142 Å². The zero-order chi connectivity index (χ0) is 17.1. The number of rotatable bonds is 4. The SMILES string of the molecule is COC(=O)c1ccc(NC(=O)c2cc(-c3ccc(C)cc3)no2)s1. The number of carbonyl (C=O) groups is 2. The van der Waals surface area contributed by atoms with Crippen molar-refractivity contribution < 1.29 is 18.8 Å². The van der Waals surface area contributed by atoms with Gasteiger partial charge in [-0.3, -0.25) is 4.79 Å². The van der Waals surface area contributed by atoms with Crippen molar-refractivity contribution in [3.8, 4) is 11.3 Å². The molecule has 0 aliphatic heterocycles. The molecule has 6 nitrogen and oxygen atoms in total. The minimum atomic E-state index is -0.443. The summed E-state index contributed by atoms with van der Waals surface area (Å²) >= 11 is 1.12. The van der Waals surface area contributed by atoms with E-state index in [1.165, 1.54) is 7.11 Å². The van der Waals surface area contributed by atoms with Crippen LogP contribution in [0.3, 0.4) is 0 Å². The molecule has 7 heteroatoms. The highest BCUT2D eigenvalue weighted by Crippen LogP contribution is 2.24. The first-order chi connectivity index (χ1) is 11.6. The van der Waals surface area contributed by atoms with Gasteiger partial charge in [-0.25, -0.2) is 4.79 Å². The van der Waals surface area contributed by atoms with Gasteiger partial charge in [-0.05, 0) is 19.1 Å². The molecule has 0 radical (unpaired) electrons. The third-order valence-corrected chi connectivity index (χ3v) is 4.29. The molecule has 0 bridgehead atoms. The third-order valence-electron chi connectivity index (χ3n) is 3.31. The summed E-state index contributed by atoms with van der Waals surface area (Å²) in [6, 6.07) is 12.5. The molecule has 0 unspecified atom stereocenters. The first kappa shape index (κ1) is 15.9. The van der Waals surface area contributed by atoms with E-state index in [0.29, 0.717) is 15.6 Å². The molecule has 0 atom stereocenters. The van der Waals surface area contributed by atoms with Crippen LogP contribution in [0.2, 0.25) is 0 Å². The average molecular weight is 342 g/mol. The average Bonchev–Trinajstić information content (AvgIpc) is 3.24. The Morgan fingerprint density at radius 1 is 1.17 bits per heavy atom. The molecule has 122 valence electrons. The van der Waals surface area contributed by atoms with E-state index in [1.807, 2.05) is 31.2 Å². The van der Waals surface area contributed by atoms with Crippen molar-refractivity contribution in [3.63, 3.8) is 0 Å². The lowest BCUT2D eigenvalue weighted by atomic mass is 10.1. The summed E-state index contributed by atoms with van der Waals surface area (Å²) in [5.41, 5.74) is 2.59. The van der Waals surface area contributed by atoms with Crippen LogP contribution in [-0.4, -0.2) is 24.1 Å². The summed E-state index contributed by atoms with van der Waals surface area (Å²) in [5, 5.41) is 7.11. The van der Waals surface area contributed by atoms with Crippen LogP contribution in [0.25, 0.3) is 11.3 Å². The van der Waals surface area contributed by atoms with E-state index in [1.54, 1.807) is 18.2 Å². The molecule has 3 aromatic rings. The fourth-order valence-corrected chi connectivity index (χ4v) is 2.85. The Hall–Kier alpha value is -2.93. The minimum absolute atomic E-state index is 0.0959. The highest BCUT2D eigenvalue weighted by molar-refractivity contribution is 7.18. The van der Waals surface area contributed by atoms with E-state index in [0.717, 1.165) is 22.5 Å². The van der Waals surface area contributed by atoms with Crippen molar-refractivity contribution >= 4 is 28.2 Å². The number of benzene rings is 1. The van der Waals surface area contributed by atoms with Crippen LogP contribution in [0.1, 0.15) is 25.8 Å². The van der Waals surface area contributed by atoms with E-state index >= 15 is 0 Å². The van der Waals surface area contributed by atoms with Gasteiger partial charge in [0.05, 0.1) is 12.1 Å². The Bertz CT molecular complexity index is 880. The molecule has 0 fully saturated rings. The number of nitrogens with one attached hydrogen (secondary N) is 1. The van der Waals surface area contributed by atoms with Gasteiger partial charge in [0.1, 0.15) is 10.6 Å². The van der Waals surface area contributed by atoms with Gasteiger partial charge in [-0.1, -0.05) is 35.0 Å². The summed E-state index contributed by atoms with van der Waals surface area (Å²) in [6.45, 7) is 2.00. The number of methoxy groups -OCH3 is 1. The smallest absolute Gasteiger partial charge is 0.348 e. The number of carbonyl (C=O) groups excluding carboxylic acids is 2. The maximum absolute atomic E-state index is 12.2. The van der Waals surface area contributed by atoms with Crippen LogP contribution in [0.5, 0.6) is 0 Å². The summed E-state index contributed by atoms with van der Waals surface area (Å²) in [7, 11) is 1.31. The van der Waals surface area contributed by atoms with Gasteiger partial charge >= 0.3 is 5.97 Å². The predicted molar refractivity (Wildman–Crippen MR) is 90.3 cm³/mol.